The molecule has 2 aliphatic heterocycles. The fraction of sp³-hybridized carbons (Fsp3) is 0.600. The number of halogens is 1. The van der Waals surface area contributed by atoms with E-state index < -0.39 is 0 Å². The summed E-state index contributed by atoms with van der Waals surface area (Å²) in [7, 11) is 0. The maximum Gasteiger partial charge on any atom is 0.231 e. The van der Waals surface area contributed by atoms with Gasteiger partial charge in [0.2, 0.25) is 6.79 Å². The van der Waals surface area contributed by atoms with E-state index in [2.05, 4.69) is 39.9 Å². The van der Waals surface area contributed by atoms with Gasteiger partial charge in [-0.25, -0.2) is 0 Å². The maximum atomic E-state index is 6.07. The van der Waals surface area contributed by atoms with Crippen LogP contribution in [0.2, 0.25) is 0 Å². The third-order valence-corrected chi connectivity index (χ3v) is 4.94. The van der Waals surface area contributed by atoms with E-state index in [0.29, 0.717) is 19.4 Å². The number of likely N-dealkylation sites (tertiary alicyclic amines) is 1. The van der Waals surface area contributed by atoms with E-state index in [1.54, 1.807) is 0 Å². The summed E-state index contributed by atoms with van der Waals surface area (Å²) in [5.74, 6) is 1.62. The van der Waals surface area contributed by atoms with E-state index in [-0.39, 0.29) is 6.04 Å². The van der Waals surface area contributed by atoms with Gasteiger partial charge in [-0.05, 0) is 59.4 Å². The van der Waals surface area contributed by atoms with Crippen molar-refractivity contribution in [2.75, 3.05) is 19.9 Å². The number of hydrogen-bond acceptors (Lipinski definition) is 4. The lowest BCUT2D eigenvalue weighted by Crippen LogP contribution is -2.37. The molecule has 2 aliphatic rings. The second-order valence-electron chi connectivity index (χ2n) is 5.43. The van der Waals surface area contributed by atoms with Gasteiger partial charge in [-0.15, -0.1) is 0 Å². The molecular weight excluding hydrogens is 320 g/mol. The summed E-state index contributed by atoms with van der Waals surface area (Å²) < 4.78 is 11.9. The van der Waals surface area contributed by atoms with Crippen LogP contribution in [0, 0.1) is 0 Å². The molecule has 1 saturated heterocycles. The lowest BCUT2D eigenvalue weighted by atomic mass is 10.0. The van der Waals surface area contributed by atoms with Crippen molar-refractivity contribution in [1.29, 1.82) is 0 Å². The summed E-state index contributed by atoms with van der Waals surface area (Å²) in [6.07, 6.45) is 3.72. The Hall–Kier alpha value is -0.780. The van der Waals surface area contributed by atoms with E-state index in [0.717, 1.165) is 22.5 Å². The van der Waals surface area contributed by atoms with Gasteiger partial charge in [0.1, 0.15) is 0 Å². The standard InChI is InChI=1S/C15H21BrN2O2/c1-2-11-4-3-5-18(11)13(8-17)10-6-12(16)15-14(7-10)19-9-20-15/h6-7,11,13H,2-5,8-9,17H2,1H3. The minimum Gasteiger partial charge on any atom is -0.454 e. The molecule has 1 aromatic carbocycles. The molecule has 0 aliphatic carbocycles. The van der Waals surface area contributed by atoms with Gasteiger partial charge in [-0.3, -0.25) is 4.90 Å². The number of nitrogens with two attached hydrogens (primary N) is 1. The Balaban J connectivity index is 1.91. The normalized spacial score (nSPS) is 23.2. The first-order valence-electron chi connectivity index (χ1n) is 7.29. The lowest BCUT2D eigenvalue weighted by Gasteiger charge is -2.32. The highest BCUT2D eigenvalue weighted by molar-refractivity contribution is 9.10. The van der Waals surface area contributed by atoms with E-state index >= 15 is 0 Å². The minimum absolute atomic E-state index is 0.258. The smallest absolute Gasteiger partial charge is 0.231 e. The zero-order valence-electron chi connectivity index (χ0n) is 11.8. The zero-order valence-corrected chi connectivity index (χ0v) is 13.4. The van der Waals surface area contributed by atoms with Crippen molar-refractivity contribution in [2.24, 2.45) is 5.73 Å². The molecule has 0 spiro atoms. The number of ether oxygens (including phenoxy) is 2. The highest BCUT2D eigenvalue weighted by Crippen LogP contribution is 2.42. The van der Waals surface area contributed by atoms with Crippen molar-refractivity contribution in [3.05, 3.63) is 22.2 Å². The SMILES string of the molecule is CCC1CCCN1C(CN)c1cc(Br)c2c(c1)OCO2. The first-order chi connectivity index (χ1) is 9.74. The minimum atomic E-state index is 0.258. The third kappa shape index (κ3) is 2.43. The quantitative estimate of drug-likeness (QED) is 0.914. The molecule has 0 radical (unpaired) electrons. The largest absolute Gasteiger partial charge is 0.454 e. The lowest BCUT2D eigenvalue weighted by molar-refractivity contribution is 0.172. The molecule has 3 rings (SSSR count). The Kier molecular flexibility index (Phi) is 4.19. The van der Waals surface area contributed by atoms with Gasteiger partial charge in [-0.1, -0.05) is 6.92 Å². The first-order valence-corrected chi connectivity index (χ1v) is 8.08. The average molecular weight is 341 g/mol. The molecule has 20 heavy (non-hydrogen) atoms. The number of nitrogens with zero attached hydrogens (tertiary/aromatic N) is 1. The molecule has 0 amide bonds. The topological polar surface area (TPSA) is 47.7 Å². The van der Waals surface area contributed by atoms with Crippen LogP contribution in [-0.4, -0.2) is 30.8 Å². The number of rotatable bonds is 4. The molecule has 5 heteroatoms. The fourth-order valence-electron chi connectivity index (χ4n) is 3.35. The molecule has 4 nitrogen and oxygen atoms in total. The summed E-state index contributed by atoms with van der Waals surface area (Å²) in [5.41, 5.74) is 7.28. The van der Waals surface area contributed by atoms with Crippen molar-refractivity contribution >= 4 is 15.9 Å². The molecule has 0 aromatic heterocycles. The van der Waals surface area contributed by atoms with E-state index in [1.807, 2.05) is 0 Å². The van der Waals surface area contributed by atoms with Gasteiger partial charge < -0.3 is 15.2 Å². The Morgan fingerprint density at radius 3 is 3.05 bits per heavy atom. The fourth-order valence-corrected chi connectivity index (χ4v) is 3.92. The molecule has 0 saturated carbocycles. The van der Waals surface area contributed by atoms with Crippen molar-refractivity contribution < 1.29 is 9.47 Å². The van der Waals surface area contributed by atoms with Crippen LogP contribution in [0.5, 0.6) is 11.5 Å². The highest BCUT2D eigenvalue weighted by Gasteiger charge is 2.31. The molecule has 2 unspecified atom stereocenters. The van der Waals surface area contributed by atoms with Crippen molar-refractivity contribution in [3.63, 3.8) is 0 Å². The molecule has 2 heterocycles. The third-order valence-electron chi connectivity index (χ3n) is 4.35. The molecule has 1 fully saturated rings. The zero-order chi connectivity index (χ0) is 14.1. The van der Waals surface area contributed by atoms with Crippen LogP contribution < -0.4 is 15.2 Å². The summed E-state index contributed by atoms with van der Waals surface area (Å²) in [4.78, 5) is 2.55. The van der Waals surface area contributed by atoms with Gasteiger partial charge >= 0.3 is 0 Å². The van der Waals surface area contributed by atoms with Crippen LogP contribution in [0.15, 0.2) is 16.6 Å². The molecule has 2 atom stereocenters. The van der Waals surface area contributed by atoms with Crippen LogP contribution in [0.4, 0.5) is 0 Å². The molecule has 2 N–H and O–H groups in total. The summed E-state index contributed by atoms with van der Waals surface area (Å²) in [6, 6.07) is 5.10. The molecular formula is C15H21BrN2O2. The predicted octanol–water partition coefficient (Wildman–Crippen LogP) is 3.05. The van der Waals surface area contributed by atoms with Gasteiger partial charge in [0, 0.05) is 18.6 Å². The van der Waals surface area contributed by atoms with E-state index in [1.165, 1.54) is 24.8 Å². The van der Waals surface area contributed by atoms with Crippen LogP contribution >= 0.6 is 15.9 Å². The van der Waals surface area contributed by atoms with Crippen LogP contribution in [0.1, 0.15) is 37.8 Å². The monoisotopic (exact) mass is 340 g/mol. The summed E-state index contributed by atoms with van der Waals surface area (Å²) in [6.45, 7) is 4.31. The number of benzene rings is 1. The Morgan fingerprint density at radius 1 is 1.45 bits per heavy atom. The average Bonchev–Trinajstić information content (AvgIpc) is 3.08. The highest BCUT2D eigenvalue weighted by atomic mass is 79.9. The van der Waals surface area contributed by atoms with Crippen molar-refractivity contribution in [2.45, 2.75) is 38.3 Å². The summed E-state index contributed by atoms with van der Waals surface area (Å²) >= 11 is 3.57. The van der Waals surface area contributed by atoms with Gasteiger partial charge in [-0.2, -0.15) is 0 Å². The first kappa shape index (κ1) is 14.2. The molecule has 0 bridgehead atoms. The predicted molar refractivity (Wildman–Crippen MR) is 82.1 cm³/mol. The van der Waals surface area contributed by atoms with Crippen LogP contribution in [0.3, 0.4) is 0 Å². The van der Waals surface area contributed by atoms with Gasteiger partial charge in [0.15, 0.2) is 11.5 Å². The van der Waals surface area contributed by atoms with Crippen LogP contribution in [0.25, 0.3) is 0 Å². The maximum absolute atomic E-state index is 6.07. The van der Waals surface area contributed by atoms with Gasteiger partial charge in [0.05, 0.1) is 4.47 Å². The van der Waals surface area contributed by atoms with E-state index in [4.69, 9.17) is 15.2 Å². The van der Waals surface area contributed by atoms with Crippen molar-refractivity contribution in [1.82, 2.24) is 4.90 Å². The Labute approximate surface area is 128 Å². The molecule has 110 valence electrons. The second-order valence-corrected chi connectivity index (χ2v) is 6.28. The number of fused-ring (bicyclic) bond motifs is 1. The van der Waals surface area contributed by atoms with Crippen LogP contribution in [-0.2, 0) is 0 Å². The summed E-state index contributed by atoms with van der Waals surface area (Å²) in [5, 5.41) is 0. The Morgan fingerprint density at radius 2 is 2.30 bits per heavy atom. The molecule has 1 aromatic rings. The Bertz CT molecular complexity index is 495. The number of hydrogen-bond donors (Lipinski definition) is 1. The van der Waals surface area contributed by atoms with Gasteiger partial charge in [0.25, 0.3) is 0 Å². The second kappa shape index (κ2) is 5.92. The van der Waals surface area contributed by atoms with E-state index in [9.17, 15) is 0 Å². The van der Waals surface area contributed by atoms with Crippen molar-refractivity contribution in [3.8, 4) is 11.5 Å².